The Kier molecular flexibility index (Phi) is 6.09. The monoisotopic (exact) mass is 407 g/mol. The van der Waals surface area contributed by atoms with Crippen molar-refractivity contribution in [3.8, 4) is 0 Å². The SMILES string of the molecule is CC(NC(=O)C1CCCN(C(=O)C2CC2)C1)c1ccc(S(=O)(=O)N(C)C)cc1. The minimum atomic E-state index is -3.47. The standard InChI is InChI=1S/C20H29N3O4S/c1-14(15-8-10-18(11-9-15)28(26,27)22(2)3)21-19(24)17-5-4-12-23(13-17)20(25)16-6-7-16/h8-11,14,16-17H,4-7,12-13H2,1-3H3,(H,21,24). The molecule has 1 aliphatic carbocycles. The first-order valence-corrected chi connectivity index (χ1v) is 11.3. The van der Waals surface area contributed by atoms with Gasteiger partial charge in [0.05, 0.1) is 16.9 Å². The molecule has 1 saturated heterocycles. The van der Waals surface area contributed by atoms with Crippen LogP contribution in [0, 0.1) is 11.8 Å². The fourth-order valence-corrected chi connectivity index (χ4v) is 4.44. The van der Waals surface area contributed by atoms with Gasteiger partial charge in [0.2, 0.25) is 21.8 Å². The van der Waals surface area contributed by atoms with E-state index in [-0.39, 0.29) is 34.6 Å². The van der Waals surface area contributed by atoms with E-state index in [4.69, 9.17) is 0 Å². The molecule has 1 aromatic carbocycles. The van der Waals surface area contributed by atoms with Gasteiger partial charge in [-0.15, -0.1) is 0 Å². The lowest BCUT2D eigenvalue weighted by Gasteiger charge is -2.32. The molecule has 154 valence electrons. The Labute approximate surface area is 167 Å². The summed E-state index contributed by atoms with van der Waals surface area (Å²) >= 11 is 0. The van der Waals surface area contributed by atoms with E-state index in [2.05, 4.69) is 5.32 Å². The Bertz CT molecular complexity index is 832. The molecule has 1 aromatic rings. The highest BCUT2D eigenvalue weighted by Gasteiger charge is 2.36. The van der Waals surface area contributed by atoms with Crippen molar-refractivity contribution >= 4 is 21.8 Å². The molecule has 0 aromatic heterocycles. The average Bonchev–Trinajstić information content (AvgIpc) is 3.52. The number of hydrogen-bond acceptors (Lipinski definition) is 4. The van der Waals surface area contributed by atoms with E-state index in [9.17, 15) is 18.0 Å². The largest absolute Gasteiger partial charge is 0.349 e. The predicted molar refractivity (Wildman–Crippen MR) is 106 cm³/mol. The van der Waals surface area contributed by atoms with Crippen molar-refractivity contribution < 1.29 is 18.0 Å². The van der Waals surface area contributed by atoms with Crippen molar-refractivity contribution in [3.05, 3.63) is 29.8 Å². The zero-order valence-electron chi connectivity index (χ0n) is 16.7. The molecular formula is C20H29N3O4S. The molecular weight excluding hydrogens is 378 g/mol. The molecule has 7 nitrogen and oxygen atoms in total. The number of rotatable bonds is 6. The van der Waals surface area contributed by atoms with Crippen LogP contribution < -0.4 is 5.32 Å². The number of hydrogen-bond donors (Lipinski definition) is 1. The summed E-state index contributed by atoms with van der Waals surface area (Å²) in [4.78, 5) is 27.0. The van der Waals surface area contributed by atoms with Crippen LogP contribution >= 0.6 is 0 Å². The molecule has 2 fully saturated rings. The Hall–Kier alpha value is -1.93. The van der Waals surface area contributed by atoms with Gasteiger partial charge in [0.1, 0.15) is 0 Å². The topological polar surface area (TPSA) is 86.8 Å². The van der Waals surface area contributed by atoms with E-state index in [1.54, 1.807) is 24.3 Å². The van der Waals surface area contributed by atoms with Gasteiger partial charge in [-0.05, 0) is 50.3 Å². The van der Waals surface area contributed by atoms with Gasteiger partial charge in [-0.2, -0.15) is 0 Å². The third kappa shape index (κ3) is 4.55. The fourth-order valence-electron chi connectivity index (χ4n) is 3.53. The van der Waals surface area contributed by atoms with Gasteiger partial charge >= 0.3 is 0 Å². The van der Waals surface area contributed by atoms with E-state index < -0.39 is 10.0 Å². The predicted octanol–water partition coefficient (Wildman–Crippen LogP) is 1.76. The second-order valence-corrected chi connectivity index (χ2v) is 10.1. The lowest BCUT2D eigenvalue weighted by molar-refractivity contribution is -0.137. The Balaban J connectivity index is 1.60. The smallest absolute Gasteiger partial charge is 0.242 e. The van der Waals surface area contributed by atoms with E-state index >= 15 is 0 Å². The molecule has 8 heteroatoms. The van der Waals surface area contributed by atoms with Crippen LogP contribution in [0.25, 0.3) is 0 Å². The molecule has 2 atom stereocenters. The van der Waals surface area contributed by atoms with Gasteiger partial charge in [-0.1, -0.05) is 12.1 Å². The normalized spacial score (nSPS) is 21.4. The second kappa shape index (κ2) is 8.21. The van der Waals surface area contributed by atoms with Crippen LogP contribution in [0.5, 0.6) is 0 Å². The third-order valence-electron chi connectivity index (χ3n) is 5.55. The molecule has 0 radical (unpaired) electrons. The summed E-state index contributed by atoms with van der Waals surface area (Å²) in [7, 11) is -0.480. The molecule has 1 aliphatic heterocycles. The number of carbonyl (C=O) groups is 2. The lowest BCUT2D eigenvalue weighted by Crippen LogP contribution is -2.46. The van der Waals surface area contributed by atoms with Crippen LogP contribution in [-0.4, -0.2) is 56.6 Å². The summed E-state index contributed by atoms with van der Waals surface area (Å²) in [5.41, 5.74) is 0.841. The van der Waals surface area contributed by atoms with Crippen LogP contribution in [0.1, 0.15) is 44.2 Å². The summed E-state index contributed by atoms with van der Waals surface area (Å²) in [5.74, 6) is 0.138. The average molecular weight is 408 g/mol. The van der Waals surface area contributed by atoms with E-state index in [0.29, 0.717) is 6.54 Å². The quantitative estimate of drug-likeness (QED) is 0.779. The number of nitrogens with zero attached hydrogens (tertiary/aromatic N) is 2. The number of piperidine rings is 1. The molecule has 2 unspecified atom stereocenters. The Morgan fingerprint density at radius 3 is 2.32 bits per heavy atom. The van der Waals surface area contributed by atoms with Gasteiger partial charge in [-0.3, -0.25) is 9.59 Å². The number of likely N-dealkylation sites (tertiary alicyclic amines) is 1. The van der Waals surface area contributed by atoms with Crippen molar-refractivity contribution in [2.24, 2.45) is 11.8 Å². The molecule has 0 bridgehead atoms. The number of sulfonamides is 1. The maximum atomic E-state index is 12.7. The number of nitrogens with one attached hydrogen (secondary N) is 1. The molecule has 1 N–H and O–H groups in total. The van der Waals surface area contributed by atoms with Gasteiger partial charge in [0.15, 0.2) is 0 Å². The van der Waals surface area contributed by atoms with Crippen LogP contribution in [0.4, 0.5) is 0 Å². The van der Waals surface area contributed by atoms with Gasteiger partial charge in [-0.25, -0.2) is 12.7 Å². The highest BCUT2D eigenvalue weighted by Crippen LogP contribution is 2.32. The van der Waals surface area contributed by atoms with Crippen LogP contribution in [-0.2, 0) is 19.6 Å². The number of carbonyl (C=O) groups excluding carboxylic acids is 2. The van der Waals surface area contributed by atoms with Crippen molar-refractivity contribution in [1.29, 1.82) is 0 Å². The highest BCUT2D eigenvalue weighted by molar-refractivity contribution is 7.89. The molecule has 1 saturated carbocycles. The summed E-state index contributed by atoms with van der Waals surface area (Å²) in [6.45, 7) is 3.12. The first-order valence-electron chi connectivity index (χ1n) is 9.82. The fraction of sp³-hybridized carbons (Fsp3) is 0.600. The van der Waals surface area contributed by atoms with Gasteiger partial charge in [0, 0.05) is 33.1 Å². The maximum absolute atomic E-state index is 12.7. The summed E-state index contributed by atoms with van der Waals surface area (Å²) in [6, 6.07) is 6.34. The Morgan fingerprint density at radius 2 is 1.75 bits per heavy atom. The molecule has 2 aliphatic rings. The minimum Gasteiger partial charge on any atom is -0.349 e. The lowest BCUT2D eigenvalue weighted by atomic mass is 9.96. The highest BCUT2D eigenvalue weighted by atomic mass is 32.2. The first kappa shape index (κ1) is 20.8. The van der Waals surface area contributed by atoms with Crippen molar-refractivity contribution in [2.75, 3.05) is 27.2 Å². The van der Waals surface area contributed by atoms with Crippen LogP contribution in [0.3, 0.4) is 0 Å². The second-order valence-electron chi connectivity index (χ2n) is 7.98. The summed E-state index contributed by atoms with van der Waals surface area (Å²) in [5, 5.41) is 3.01. The van der Waals surface area contributed by atoms with E-state index in [0.717, 1.165) is 37.8 Å². The van der Waals surface area contributed by atoms with E-state index in [1.165, 1.54) is 18.4 Å². The van der Waals surface area contributed by atoms with Crippen LogP contribution in [0.2, 0.25) is 0 Å². The molecule has 2 amide bonds. The zero-order valence-corrected chi connectivity index (χ0v) is 17.5. The van der Waals surface area contributed by atoms with E-state index in [1.807, 2.05) is 11.8 Å². The zero-order chi connectivity index (χ0) is 20.5. The van der Waals surface area contributed by atoms with Crippen molar-refractivity contribution in [2.45, 2.75) is 43.5 Å². The minimum absolute atomic E-state index is 0.0502. The summed E-state index contributed by atoms with van der Waals surface area (Å²) < 4.78 is 25.5. The van der Waals surface area contributed by atoms with Gasteiger partial charge < -0.3 is 10.2 Å². The van der Waals surface area contributed by atoms with Gasteiger partial charge in [0.25, 0.3) is 0 Å². The maximum Gasteiger partial charge on any atom is 0.242 e. The van der Waals surface area contributed by atoms with Crippen LogP contribution in [0.15, 0.2) is 29.2 Å². The molecule has 28 heavy (non-hydrogen) atoms. The molecule has 3 rings (SSSR count). The number of benzene rings is 1. The molecule has 0 spiro atoms. The molecule has 1 heterocycles. The van der Waals surface area contributed by atoms with Crippen molar-refractivity contribution in [3.63, 3.8) is 0 Å². The third-order valence-corrected chi connectivity index (χ3v) is 7.38. The van der Waals surface area contributed by atoms with Crippen molar-refractivity contribution in [1.82, 2.24) is 14.5 Å². The Morgan fingerprint density at radius 1 is 1.11 bits per heavy atom. The number of amides is 2. The summed E-state index contributed by atoms with van der Waals surface area (Å²) in [6.07, 6.45) is 3.58. The first-order chi connectivity index (χ1) is 13.2.